The lowest BCUT2D eigenvalue weighted by atomic mass is 9.88. The summed E-state index contributed by atoms with van der Waals surface area (Å²) in [5, 5.41) is 3.23. The molecule has 0 radical (unpaired) electrons. The molecule has 0 aromatic heterocycles. The number of hydrogen-bond donors (Lipinski definition) is 1. The van der Waals surface area contributed by atoms with Crippen LogP contribution in [0.1, 0.15) is 23.1 Å². The van der Waals surface area contributed by atoms with Gasteiger partial charge in [-0.15, -0.1) is 0 Å². The summed E-state index contributed by atoms with van der Waals surface area (Å²) in [6.45, 7) is 0. The molecule has 110 valence electrons. The molecule has 0 amide bonds. The molecule has 4 heteroatoms. The molecule has 3 rings (SSSR count). The van der Waals surface area contributed by atoms with Gasteiger partial charge in [0.1, 0.15) is 0 Å². The van der Waals surface area contributed by atoms with Gasteiger partial charge in [-0.2, -0.15) is 13.2 Å². The molecular weight excluding hydrogens is 275 g/mol. The van der Waals surface area contributed by atoms with Gasteiger partial charge in [-0.1, -0.05) is 30.3 Å². The lowest BCUT2D eigenvalue weighted by molar-refractivity contribution is -0.137. The normalized spacial score (nSPS) is 18.1. The van der Waals surface area contributed by atoms with E-state index in [0.29, 0.717) is 5.69 Å². The van der Waals surface area contributed by atoms with E-state index in [-0.39, 0.29) is 6.04 Å². The van der Waals surface area contributed by atoms with Crippen LogP contribution < -0.4 is 5.32 Å². The van der Waals surface area contributed by atoms with Crippen molar-refractivity contribution < 1.29 is 13.2 Å². The molecule has 1 nitrogen and oxygen atoms in total. The minimum atomic E-state index is -4.29. The summed E-state index contributed by atoms with van der Waals surface area (Å²) < 4.78 is 38.1. The second-order valence-electron chi connectivity index (χ2n) is 5.43. The molecule has 1 aliphatic carbocycles. The van der Waals surface area contributed by atoms with Crippen LogP contribution in [0.2, 0.25) is 0 Å². The summed E-state index contributed by atoms with van der Waals surface area (Å²) in [4.78, 5) is 0. The van der Waals surface area contributed by atoms with Crippen molar-refractivity contribution in [3.63, 3.8) is 0 Å². The molecular formula is C17H16F3N. The minimum Gasteiger partial charge on any atom is -0.382 e. The first-order valence-electron chi connectivity index (χ1n) is 7.03. The van der Waals surface area contributed by atoms with E-state index in [4.69, 9.17) is 0 Å². The van der Waals surface area contributed by atoms with Crippen LogP contribution in [0, 0.1) is 0 Å². The molecule has 0 aliphatic heterocycles. The van der Waals surface area contributed by atoms with E-state index < -0.39 is 11.7 Å². The van der Waals surface area contributed by atoms with Gasteiger partial charge < -0.3 is 5.32 Å². The zero-order chi connectivity index (χ0) is 14.9. The molecule has 2 aromatic rings. The maximum absolute atomic E-state index is 12.7. The summed E-state index contributed by atoms with van der Waals surface area (Å²) in [6.07, 6.45) is -1.54. The van der Waals surface area contributed by atoms with Crippen LogP contribution in [0.3, 0.4) is 0 Å². The number of fused-ring (bicyclic) bond motifs is 1. The molecule has 21 heavy (non-hydrogen) atoms. The largest absolute Gasteiger partial charge is 0.416 e. The molecule has 0 saturated carbocycles. The molecule has 0 bridgehead atoms. The number of rotatable bonds is 2. The number of aryl methyl sites for hydroxylation is 1. The highest BCUT2D eigenvalue weighted by Crippen LogP contribution is 2.31. The first-order valence-corrected chi connectivity index (χ1v) is 7.03. The SMILES string of the molecule is FC(F)(F)c1cccc(NC2CCc3ccccc3C2)c1. The van der Waals surface area contributed by atoms with Crippen LogP contribution in [0.15, 0.2) is 48.5 Å². The number of anilines is 1. The van der Waals surface area contributed by atoms with Gasteiger partial charge in [0.25, 0.3) is 0 Å². The van der Waals surface area contributed by atoms with Crippen molar-refractivity contribution in [1.82, 2.24) is 0 Å². The molecule has 2 aromatic carbocycles. The average molecular weight is 291 g/mol. The van der Waals surface area contributed by atoms with E-state index in [9.17, 15) is 13.2 Å². The Kier molecular flexibility index (Phi) is 3.62. The second-order valence-corrected chi connectivity index (χ2v) is 5.43. The minimum absolute atomic E-state index is 0.184. The van der Waals surface area contributed by atoms with Crippen LogP contribution in [0.4, 0.5) is 18.9 Å². The van der Waals surface area contributed by atoms with Gasteiger partial charge in [0.05, 0.1) is 5.56 Å². The average Bonchev–Trinajstić information content (AvgIpc) is 2.46. The summed E-state index contributed by atoms with van der Waals surface area (Å²) in [5.41, 5.74) is 2.56. The highest BCUT2D eigenvalue weighted by Gasteiger charge is 2.30. The van der Waals surface area contributed by atoms with Crippen molar-refractivity contribution in [2.24, 2.45) is 0 Å². The van der Waals surface area contributed by atoms with Crippen molar-refractivity contribution in [1.29, 1.82) is 0 Å². The Hall–Kier alpha value is -1.97. The Morgan fingerprint density at radius 2 is 1.71 bits per heavy atom. The van der Waals surface area contributed by atoms with Crippen molar-refractivity contribution in [2.75, 3.05) is 5.32 Å². The molecule has 0 heterocycles. The van der Waals surface area contributed by atoms with Gasteiger partial charge in [0.2, 0.25) is 0 Å². The number of halogens is 3. The Labute approximate surface area is 121 Å². The zero-order valence-electron chi connectivity index (χ0n) is 11.5. The predicted molar refractivity (Wildman–Crippen MR) is 77.3 cm³/mol. The van der Waals surface area contributed by atoms with Gasteiger partial charge in [0.15, 0.2) is 0 Å². The molecule has 0 spiro atoms. The summed E-state index contributed by atoms with van der Waals surface area (Å²) in [6, 6.07) is 13.8. The lowest BCUT2D eigenvalue weighted by Crippen LogP contribution is -2.27. The van der Waals surface area contributed by atoms with E-state index in [1.807, 2.05) is 12.1 Å². The zero-order valence-corrected chi connectivity index (χ0v) is 11.5. The smallest absolute Gasteiger partial charge is 0.382 e. The maximum atomic E-state index is 12.7. The molecule has 0 fully saturated rings. The van der Waals surface area contributed by atoms with Gasteiger partial charge in [-0.3, -0.25) is 0 Å². The third kappa shape index (κ3) is 3.20. The summed E-state index contributed by atoms with van der Waals surface area (Å²) in [7, 11) is 0. The monoisotopic (exact) mass is 291 g/mol. The molecule has 1 unspecified atom stereocenters. The van der Waals surface area contributed by atoms with Crippen molar-refractivity contribution in [3.8, 4) is 0 Å². The van der Waals surface area contributed by atoms with Gasteiger partial charge >= 0.3 is 6.18 Å². The fourth-order valence-corrected chi connectivity index (χ4v) is 2.84. The highest BCUT2D eigenvalue weighted by atomic mass is 19.4. The van der Waals surface area contributed by atoms with Crippen LogP contribution in [-0.2, 0) is 19.0 Å². The fourth-order valence-electron chi connectivity index (χ4n) is 2.84. The topological polar surface area (TPSA) is 12.0 Å². The summed E-state index contributed by atoms with van der Waals surface area (Å²) >= 11 is 0. The van der Waals surface area contributed by atoms with Crippen LogP contribution in [-0.4, -0.2) is 6.04 Å². The molecule has 0 saturated heterocycles. The van der Waals surface area contributed by atoms with Gasteiger partial charge in [0, 0.05) is 11.7 Å². The molecule has 1 aliphatic rings. The van der Waals surface area contributed by atoms with E-state index in [1.165, 1.54) is 23.3 Å². The van der Waals surface area contributed by atoms with Gasteiger partial charge in [-0.25, -0.2) is 0 Å². The first kappa shape index (κ1) is 14.0. The third-order valence-electron chi connectivity index (χ3n) is 3.91. The number of alkyl halides is 3. The van der Waals surface area contributed by atoms with Gasteiger partial charge in [-0.05, 0) is 48.6 Å². The molecule has 1 atom stereocenters. The quantitative estimate of drug-likeness (QED) is 0.847. The second kappa shape index (κ2) is 5.43. The molecule has 1 N–H and O–H groups in total. The highest BCUT2D eigenvalue weighted by molar-refractivity contribution is 5.48. The third-order valence-corrected chi connectivity index (χ3v) is 3.91. The predicted octanol–water partition coefficient (Wildman–Crippen LogP) is 4.67. The Morgan fingerprint density at radius 1 is 0.952 bits per heavy atom. The number of benzene rings is 2. The first-order chi connectivity index (χ1) is 10.0. The standard InChI is InChI=1S/C17H16F3N/c18-17(19,20)14-6-3-7-15(11-14)21-16-9-8-12-4-1-2-5-13(12)10-16/h1-7,11,16,21H,8-10H2. The Bertz CT molecular complexity index is 634. The van der Waals surface area contributed by atoms with Crippen LogP contribution in [0.5, 0.6) is 0 Å². The van der Waals surface area contributed by atoms with Crippen LogP contribution in [0.25, 0.3) is 0 Å². The lowest BCUT2D eigenvalue weighted by Gasteiger charge is -2.26. The maximum Gasteiger partial charge on any atom is 0.416 e. The van der Waals surface area contributed by atoms with E-state index in [0.717, 1.165) is 25.3 Å². The van der Waals surface area contributed by atoms with Crippen molar-refractivity contribution >= 4 is 5.69 Å². The fraction of sp³-hybridized carbons (Fsp3) is 0.294. The van der Waals surface area contributed by atoms with Crippen LogP contribution >= 0.6 is 0 Å². The number of nitrogens with one attached hydrogen (secondary N) is 1. The van der Waals surface area contributed by atoms with E-state index >= 15 is 0 Å². The Balaban J connectivity index is 1.74. The van der Waals surface area contributed by atoms with E-state index in [1.54, 1.807) is 6.07 Å². The van der Waals surface area contributed by atoms with E-state index in [2.05, 4.69) is 17.4 Å². The Morgan fingerprint density at radius 3 is 2.48 bits per heavy atom. The summed E-state index contributed by atoms with van der Waals surface area (Å²) in [5.74, 6) is 0. The van der Waals surface area contributed by atoms with Crippen molar-refractivity contribution in [2.45, 2.75) is 31.5 Å². The number of hydrogen-bond acceptors (Lipinski definition) is 1. The van der Waals surface area contributed by atoms with Crippen molar-refractivity contribution in [3.05, 3.63) is 65.2 Å².